The van der Waals surface area contributed by atoms with Gasteiger partial charge in [-0.15, -0.1) is 0 Å². The Morgan fingerprint density at radius 2 is 1.73 bits per heavy atom. The number of carbonyl (C=O) groups excluding carboxylic acids is 2. The van der Waals surface area contributed by atoms with E-state index in [1.165, 1.54) is 19.3 Å². The van der Waals surface area contributed by atoms with Gasteiger partial charge in [0.25, 0.3) is 5.91 Å². The van der Waals surface area contributed by atoms with Crippen molar-refractivity contribution in [1.82, 2.24) is 0 Å². The van der Waals surface area contributed by atoms with Crippen molar-refractivity contribution in [1.29, 1.82) is 0 Å². The number of carbonyl (C=O) groups is 2. The zero-order valence-corrected chi connectivity index (χ0v) is 15.5. The summed E-state index contributed by atoms with van der Waals surface area (Å²) in [7, 11) is 1.58. The maximum Gasteiger partial charge on any atom is 0.312 e. The third kappa shape index (κ3) is 3.19. The highest BCUT2D eigenvalue weighted by Gasteiger charge is 2.55. The molecule has 4 aliphatic carbocycles. The van der Waals surface area contributed by atoms with Crippen molar-refractivity contribution < 1.29 is 19.1 Å². The standard InChI is InChI=1S/C21H27NO4/c1-13(19(23)22-17-4-3-5-18(9-17)25-2)26-20(24)21-10-14-6-15(11-21)8-16(7-14)12-21/h3-5,9,13-16H,6-8,10-12H2,1-2H3,(H,22,23)/t13-,14?,15?,16?,21?/m1/s1. The molecule has 0 radical (unpaired) electrons. The SMILES string of the molecule is COc1cccc(NC(=O)[C@@H](C)OC(=O)C23CC4CC(CC(C4)C2)C3)c1. The average molecular weight is 357 g/mol. The van der Waals surface area contributed by atoms with Crippen LogP contribution in [0.4, 0.5) is 5.69 Å². The molecule has 1 N–H and O–H groups in total. The van der Waals surface area contributed by atoms with Gasteiger partial charge < -0.3 is 14.8 Å². The van der Waals surface area contributed by atoms with E-state index in [1.807, 2.05) is 6.07 Å². The Bertz CT molecular complexity index is 678. The molecule has 1 aromatic carbocycles. The fourth-order valence-corrected chi connectivity index (χ4v) is 5.64. The highest BCUT2D eigenvalue weighted by molar-refractivity contribution is 5.95. The van der Waals surface area contributed by atoms with Gasteiger partial charge in [-0.1, -0.05) is 6.07 Å². The first-order valence-corrected chi connectivity index (χ1v) is 9.63. The highest BCUT2D eigenvalue weighted by atomic mass is 16.5. The van der Waals surface area contributed by atoms with Crippen LogP contribution in [0.3, 0.4) is 0 Å². The van der Waals surface area contributed by atoms with Crippen LogP contribution >= 0.6 is 0 Å². The first-order chi connectivity index (χ1) is 12.5. The summed E-state index contributed by atoms with van der Waals surface area (Å²) in [4.78, 5) is 25.4. The van der Waals surface area contributed by atoms with Gasteiger partial charge in [-0.2, -0.15) is 0 Å². The van der Waals surface area contributed by atoms with E-state index in [0.29, 0.717) is 29.2 Å². The second kappa shape index (κ2) is 6.60. The smallest absolute Gasteiger partial charge is 0.312 e. The molecular formula is C21H27NO4. The molecule has 1 aromatic rings. The number of nitrogens with one attached hydrogen (secondary N) is 1. The monoisotopic (exact) mass is 357 g/mol. The molecule has 140 valence electrons. The largest absolute Gasteiger partial charge is 0.497 e. The summed E-state index contributed by atoms with van der Waals surface area (Å²) in [5, 5.41) is 2.80. The van der Waals surface area contributed by atoms with E-state index in [0.717, 1.165) is 19.3 Å². The summed E-state index contributed by atoms with van der Waals surface area (Å²) in [6, 6.07) is 7.15. The molecule has 0 aliphatic heterocycles. The molecule has 1 amide bonds. The van der Waals surface area contributed by atoms with E-state index < -0.39 is 6.10 Å². The Morgan fingerprint density at radius 3 is 2.31 bits per heavy atom. The number of hydrogen-bond donors (Lipinski definition) is 1. The summed E-state index contributed by atoms with van der Waals surface area (Å²) in [6.45, 7) is 1.65. The lowest BCUT2D eigenvalue weighted by Crippen LogP contribution is -2.51. The van der Waals surface area contributed by atoms with Gasteiger partial charge >= 0.3 is 5.97 Å². The highest BCUT2D eigenvalue weighted by Crippen LogP contribution is 2.60. The van der Waals surface area contributed by atoms with Crippen LogP contribution in [0.15, 0.2) is 24.3 Å². The van der Waals surface area contributed by atoms with Crippen LogP contribution in [-0.4, -0.2) is 25.1 Å². The van der Waals surface area contributed by atoms with Gasteiger partial charge in [-0.25, -0.2) is 0 Å². The van der Waals surface area contributed by atoms with Crippen LogP contribution in [0.1, 0.15) is 45.4 Å². The molecular weight excluding hydrogens is 330 g/mol. The van der Waals surface area contributed by atoms with Crippen molar-refractivity contribution >= 4 is 17.6 Å². The number of rotatable bonds is 5. The van der Waals surface area contributed by atoms with E-state index in [4.69, 9.17) is 9.47 Å². The molecule has 4 bridgehead atoms. The predicted molar refractivity (Wildman–Crippen MR) is 97.8 cm³/mol. The molecule has 26 heavy (non-hydrogen) atoms. The fraction of sp³-hybridized carbons (Fsp3) is 0.619. The van der Waals surface area contributed by atoms with Crippen LogP contribution in [0.2, 0.25) is 0 Å². The van der Waals surface area contributed by atoms with Gasteiger partial charge in [0.2, 0.25) is 0 Å². The second-order valence-electron chi connectivity index (χ2n) is 8.47. The number of esters is 1. The zero-order valence-electron chi connectivity index (χ0n) is 15.5. The Morgan fingerprint density at radius 1 is 1.12 bits per heavy atom. The van der Waals surface area contributed by atoms with Crippen LogP contribution in [0.5, 0.6) is 5.75 Å². The van der Waals surface area contributed by atoms with Gasteiger partial charge in [-0.3, -0.25) is 9.59 Å². The molecule has 0 heterocycles. The molecule has 0 aromatic heterocycles. The number of anilines is 1. The second-order valence-corrected chi connectivity index (χ2v) is 8.47. The number of ether oxygens (including phenoxy) is 2. The van der Waals surface area contributed by atoms with Gasteiger partial charge in [0.05, 0.1) is 12.5 Å². The van der Waals surface area contributed by atoms with E-state index in [2.05, 4.69) is 5.32 Å². The molecule has 0 saturated heterocycles. The summed E-state index contributed by atoms with van der Waals surface area (Å²) in [5.74, 6) is 2.22. The maximum absolute atomic E-state index is 12.9. The minimum atomic E-state index is -0.804. The Labute approximate surface area is 154 Å². The van der Waals surface area contributed by atoms with Crippen molar-refractivity contribution in [3.63, 3.8) is 0 Å². The first kappa shape index (κ1) is 17.4. The zero-order chi connectivity index (χ0) is 18.3. The van der Waals surface area contributed by atoms with Crippen LogP contribution in [0.25, 0.3) is 0 Å². The molecule has 4 fully saturated rings. The van der Waals surface area contributed by atoms with Crippen molar-refractivity contribution in [2.75, 3.05) is 12.4 Å². The van der Waals surface area contributed by atoms with E-state index in [-0.39, 0.29) is 17.3 Å². The van der Waals surface area contributed by atoms with Crippen molar-refractivity contribution in [2.24, 2.45) is 23.2 Å². The predicted octanol–water partition coefficient (Wildman–Crippen LogP) is 3.78. The topological polar surface area (TPSA) is 64.6 Å². The third-order valence-corrected chi connectivity index (χ3v) is 6.46. The van der Waals surface area contributed by atoms with Crippen LogP contribution in [0, 0.1) is 23.2 Å². The van der Waals surface area contributed by atoms with Crippen LogP contribution in [-0.2, 0) is 14.3 Å². The molecule has 1 atom stereocenters. The Balaban J connectivity index is 1.39. The summed E-state index contributed by atoms with van der Waals surface area (Å²) in [6.07, 6.45) is 5.86. The molecule has 0 unspecified atom stereocenters. The average Bonchev–Trinajstić information content (AvgIpc) is 2.60. The molecule has 4 aliphatic rings. The maximum atomic E-state index is 12.9. The summed E-state index contributed by atoms with van der Waals surface area (Å²) < 4.78 is 10.8. The molecule has 4 saturated carbocycles. The van der Waals surface area contributed by atoms with E-state index in [9.17, 15) is 9.59 Å². The van der Waals surface area contributed by atoms with Gasteiger partial charge in [0, 0.05) is 11.8 Å². The molecule has 5 nitrogen and oxygen atoms in total. The normalized spacial score (nSPS) is 32.8. The summed E-state index contributed by atoms with van der Waals surface area (Å²) in [5.41, 5.74) is 0.297. The Hall–Kier alpha value is -2.04. The van der Waals surface area contributed by atoms with Crippen molar-refractivity contribution in [2.45, 2.75) is 51.6 Å². The number of methoxy groups -OCH3 is 1. The fourth-order valence-electron chi connectivity index (χ4n) is 5.64. The third-order valence-electron chi connectivity index (χ3n) is 6.46. The summed E-state index contributed by atoms with van der Waals surface area (Å²) >= 11 is 0. The number of hydrogen-bond acceptors (Lipinski definition) is 4. The van der Waals surface area contributed by atoms with Gasteiger partial charge in [0.1, 0.15) is 5.75 Å². The van der Waals surface area contributed by atoms with Crippen molar-refractivity contribution in [3.8, 4) is 5.75 Å². The van der Waals surface area contributed by atoms with E-state index >= 15 is 0 Å². The molecule has 5 rings (SSSR count). The lowest BCUT2D eigenvalue weighted by Gasteiger charge is -2.55. The quantitative estimate of drug-likeness (QED) is 0.815. The first-order valence-electron chi connectivity index (χ1n) is 9.63. The van der Waals surface area contributed by atoms with Crippen LogP contribution < -0.4 is 10.1 Å². The minimum absolute atomic E-state index is 0.162. The van der Waals surface area contributed by atoms with E-state index in [1.54, 1.807) is 32.2 Å². The number of amides is 1. The lowest BCUT2D eigenvalue weighted by molar-refractivity contribution is -0.177. The van der Waals surface area contributed by atoms with Gasteiger partial charge in [0.15, 0.2) is 6.10 Å². The van der Waals surface area contributed by atoms with Gasteiger partial charge in [-0.05, 0) is 75.3 Å². The molecule has 5 heteroatoms. The van der Waals surface area contributed by atoms with Crippen molar-refractivity contribution in [3.05, 3.63) is 24.3 Å². The lowest BCUT2D eigenvalue weighted by atomic mass is 9.49. The Kier molecular flexibility index (Phi) is 4.41. The minimum Gasteiger partial charge on any atom is -0.497 e. The molecule has 0 spiro atoms. The number of benzene rings is 1.